The van der Waals surface area contributed by atoms with Crippen LogP contribution in [0.1, 0.15) is 37.4 Å². The van der Waals surface area contributed by atoms with E-state index in [0.717, 1.165) is 61.4 Å². The molecule has 5 rings (SSSR count). The fourth-order valence-corrected chi connectivity index (χ4v) is 3.76. The summed E-state index contributed by atoms with van der Waals surface area (Å²) < 4.78 is 1.85. The molecule has 3 aromatic rings. The van der Waals surface area contributed by atoms with E-state index < -0.39 is 0 Å². The molecule has 0 bridgehead atoms. The van der Waals surface area contributed by atoms with E-state index in [2.05, 4.69) is 11.1 Å². The highest BCUT2D eigenvalue weighted by Crippen LogP contribution is 2.34. The van der Waals surface area contributed by atoms with E-state index in [1.54, 1.807) is 12.4 Å². The summed E-state index contributed by atoms with van der Waals surface area (Å²) >= 11 is 0. The fourth-order valence-electron chi connectivity index (χ4n) is 3.76. The van der Waals surface area contributed by atoms with Crippen molar-refractivity contribution in [3.63, 3.8) is 0 Å². The molecule has 0 aromatic carbocycles. The van der Waals surface area contributed by atoms with Crippen LogP contribution in [0.5, 0.6) is 0 Å². The number of hydrogen-bond acceptors (Lipinski definition) is 4. The maximum Gasteiger partial charge on any atom is 0.225 e. The molecule has 1 aliphatic carbocycles. The second-order valence-corrected chi connectivity index (χ2v) is 7.32. The third kappa shape index (κ3) is 2.85. The van der Waals surface area contributed by atoms with Gasteiger partial charge in [0.1, 0.15) is 0 Å². The number of hydrogen-bond donors (Lipinski definition) is 0. The third-order valence-electron chi connectivity index (χ3n) is 5.39. The van der Waals surface area contributed by atoms with Crippen LogP contribution in [0.2, 0.25) is 0 Å². The van der Waals surface area contributed by atoms with Gasteiger partial charge in [-0.2, -0.15) is 5.10 Å². The van der Waals surface area contributed by atoms with Crippen LogP contribution in [0.4, 0.5) is 0 Å². The highest BCUT2D eigenvalue weighted by Gasteiger charge is 2.36. The van der Waals surface area contributed by atoms with Crippen molar-refractivity contribution in [3.8, 4) is 11.1 Å². The molecule has 4 heterocycles. The van der Waals surface area contributed by atoms with Crippen molar-refractivity contribution in [2.75, 3.05) is 13.1 Å². The highest BCUT2D eigenvalue weighted by atomic mass is 16.2. The van der Waals surface area contributed by atoms with Gasteiger partial charge >= 0.3 is 0 Å². The molecule has 0 N–H and O–H groups in total. The zero-order chi connectivity index (χ0) is 17.5. The van der Waals surface area contributed by atoms with Crippen molar-refractivity contribution in [2.45, 2.75) is 31.6 Å². The first-order valence-corrected chi connectivity index (χ1v) is 9.33. The lowest BCUT2D eigenvalue weighted by Gasteiger charge is -2.31. The maximum absolute atomic E-state index is 12.4. The van der Waals surface area contributed by atoms with Crippen molar-refractivity contribution in [1.29, 1.82) is 0 Å². The Labute approximate surface area is 151 Å². The van der Waals surface area contributed by atoms with Crippen LogP contribution in [-0.2, 0) is 4.79 Å². The van der Waals surface area contributed by atoms with Crippen LogP contribution >= 0.6 is 0 Å². The molecular formula is C20H21N5O. The average Bonchev–Trinajstić information content (AvgIpc) is 3.46. The summed E-state index contributed by atoms with van der Waals surface area (Å²) in [5.74, 6) is 1.70. The zero-order valence-electron chi connectivity index (χ0n) is 14.6. The molecule has 2 fully saturated rings. The first-order chi connectivity index (χ1) is 12.8. The van der Waals surface area contributed by atoms with E-state index in [0.29, 0.717) is 5.91 Å². The van der Waals surface area contributed by atoms with Crippen LogP contribution in [0.15, 0.2) is 42.9 Å². The molecule has 0 radical (unpaired) electrons. The maximum atomic E-state index is 12.4. The van der Waals surface area contributed by atoms with Crippen LogP contribution in [-0.4, -0.2) is 43.5 Å². The summed E-state index contributed by atoms with van der Waals surface area (Å²) in [6.45, 7) is 1.63. The van der Waals surface area contributed by atoms with E-state index in [1.165, 1.54) is 0 Å². The van der Waals surface area contributed by atoms with Crippen LogP contribution in [0.25, 0.3) is 16.8 Å². The Kier molecular flexibility index (Phi) is 3.69. The summed E-state index contributed by atoms with van der Waals surface area (Å²) in [5, 5.41) is 4.73. The summed E-state index contributed by atoms with van der Waals surface area (Å²) in [6.07, 6.45) is 9.79. The number of amides is 1. The molecule has 26 heavy (non-hydrogen) atoms. The van der Waals surface area contributed by atoms with E-state index in [9.17, 15) is 4.79 Å². The molecule has 6 nitrogen and oxygen atoms in total. The fraction of sp³-hybridized carbons (Fsp3) is 0.400. The van der Waals surface area contributed by atoms with Gasteiger partial charge in [-0.15, -0.1) is 0 Å². The largest absolute Gasteiger partial charge is 0.342 e. The molecule has 1 atom stereocenters. The number of aromatic nitrogens is 4. The normalized spacial score (nSPS) is 20.5. The molecule has 0 spiro atoms. The number of rotatable bonds is 3. The lowest BCUT2D eigenvalue weighted by Crippen LogP contribution is -2.40. The summed E-state index contributed by atoms with van der Waals surface area (Å²) in [6, 6.07) is 8.04. The Morgan fingerprint density at radius 3 is 2.69 bits per heavy atom. The van der Waals surface area contributed by atoms with Gasteiger partial charge < -0.3 is 4.90 Å². The van der Waals surface area contributed by atoms with Crippen molar-refractivity contribution >= 4 is 11.6 Å². The molecule has 1 saturated heterocycles. The number of pyridine rings is 2. The minimum absolute atomic E-state index is 0.232. The molecule has 3 aromatic heterocycles. The van der Waals surface area contributed by atoms with Gasteiger partial charge in [0.05, 0.1) is 0 Å². The van der Waals surface area contributed by atoms with Crippen molar-refractivity contribution < 1.29 is 4.79 Å². The van der Waals surface area contributed by atoms with E-state index >= 15 is 0 Å². The van der Waals surface area contributed by atoms with Gasteiger partial charge in [-0.3, -0.25) is 9.78 Å². The Bertz CT molecular complexity index is 947. The van der Waals surface area contributed by atoms with Crippen LogP contribution in [0, 0.1) is 5.92 Å². The predicted octanol–water partition coefficient (Wildman–Crippen LogP) is 2.91. The minimum Gasteiger partial charge on any atom is -0.342 e. The summed E-state index contributed by atoms with van der Waals surface area (Å²) in [7, 11) is 0. The number of nitrogens with zero attached hydrogens (tertiary/aromatic N) is 5. The highest BCUT2D eigenvalue weighted by molar-refractivity contribution is 5.81. The molecule has 6 heteroatoms. The van der Waals surface area contributed by atoms with Gasteiger partial charge in [-0.05, 0) is 55.5 Å². The Morgan fingerprint density at radius 2 is 1.88 bits per heavy atom. The minimum atomic E-state index is 0.232. The van der Waals surface area contributed by atoms with Gasteiger partial charge in [0.2, 0.25) is 5.91 Å². The Morgan fingerprint density at radius 1 is 1.04 bits per heavy atom. The van der Waals surface area contributed by atoms with Gasteiger partial charge in [0.25, 0.3) is 0 Å². The van der Waals surface area contributed by atoms with E-state index in [1.807, 2.05) is 33.8 Å². The van der Waals surface area contributed by atoms with Gasteiger partial charge in [-0.25, -0.2) is 9.50 Å². The first-order valence-electron chi connectivity index (χ1n) is 9.33. The second kappa shape index (κ2) is 6.20. The van der Waals surface area contributed by atoms with Gasteiger partial charge in [0.15, 0.2) is 11.5 Å². The van der Waals surface area contributed by atoms with E-state index in [4.69, 9.17) is 10.1 Å². The summed E-state index contributed by atoms with van der Waals surface area (Å²) in [5.41, 5.74) is 3.05. The molecule has 1 amide bonds. The van der Waals surface area contributed by atoms with Gasteiger partial charge in [-0.1, -0.05) is 0 Å². The standard InChI is InChI=1S/C20H21N5O/c26-20(15-3-4-15)24-11-1-2-17(12-24)19-22-18-6-5-16(13-25(18)23-19)14-7-9-21-10-8-14/h5-10,13,15,17H,1-4,11-12H2/t17-/m1/s1. The Hall–Kier alpha value is -2.76. The number of carbonyl (C=O) groups excluding carboxylic acids is 1. The molecule has 1 saturated carbocycles. The lowest BCUT2D eigenvalue weighted by molar-refractivity contribution is -0.133. The molecule has 132 valence electrons. The van der Waals surface area contributed by atoms with Crippen LogP contribution in [0.3, 0.4) is 0 Å². The van der Waals surface area contributed by atoms with Crippen molar-refractivity contribution in [2.24, 2.45) is 5.92 Å². The molecular weight excluding hydrogens is 326 g/mol. The monoisotopic (exact) mass is 347 g/mol. The smallest absolute Gasteiger partial charge is 0.225 e. The number of carbonyl (C=O) groups is 1. The average molecular weight is 347 g/mol. The van der Waals surface area contributed by atoms with Gasteiger partial charge in [0, 0.05) is 49.1 Å². The first kappa shape index (κ1) is 15.5. The molecule has 1 aliphatic heterocycles. The van der Waals surface area contributed by atoms with Crippen molar-refractivity contribution in [3.05, 3.63) is 48.7 Å². The third-order valence-corrected chi connectivity index (χ3v) is 5.39. The SMILES string of the molecule is O=C(C1CC1)N1CCC[C@@H](c2nc3ccc(-c4ccncc4)cn3n2)C1. The predicted molar refractivity (Wildman–Crippen MR) is 97.5 cm³/mol. The number of likely N-dealkylation sites (tertiary alicyclic amines) is 1. The lowest BCUT2D eigenvalue weighted by atomic mass is 9.97. The quantitative estimate of drug-likeness (QED) is 0.731. The summed E-state index contributed by atoms with van der Waals surface area (Å²) in [4.78, 5) is 23.2. The number of fused-ring (bicyclic) bond motifs is 1. The van der Waals surface area contributed by atoms with Crippen molar-refractivity contribution in [1.82, 2.24) is 24.5 Å². The van der Waals surface area contributed by atoms with Crippen LogP contribution < -0.4 is 0 Å². The molecule has 0 unspecified atom stereocenters. The second-order valence-electron chi connectivity index (χ2n) is 7.32. The zero-order valence-corrected chi connectivity index (χ0v) is 14.6. The number of piperidine rings is 1. The molecule has 2 aliphatic rings. The topological polar surface area (TPSA) is 63.4 Å². The Balaban J connectivity index is 1.41. The van der Waals surface area contributed by atoms with E-state index in [-0.39, 0.29) is 11.8 Å².